The maximum atomic E-state index is 12.1. The van der Waals surface area contributed by atoms with Crippen LogP contribution in [0.15, 0.2) is 0 Å². The summed E-state index contributed by atoms with van der Waals surface area (Å²) in [5.74, 6) is -0.277. The molecule has 0 bridgehead atoms. The predicted octanol–water partition coefficient (Wildman–Crippen LogP) is 2.02. The Labute approximate surface area is 108 Å². The van der Waals surface area contributed by atoms with E-state index in [0.717, 1.165) is 19.3 Å². The Hall–Kier alpha value is -1.06. The van der Waals surface area contributed by atoms with E-state index in [1.807, 2.05) is 0 Å². The quantitative estimate of drug-likeness (QED) is 0.766. The van der Waals surface area contributed by atoms with Crippen molar-refractivity contribution in [3.63, 3.8) is 0 Å². The first-order chi connectivity index (χ1) is 8.43. The summed E-state index contributed by atoms with van der Waals surface area (Å²) in [5.41, 5.74) is -0.254. The molecule has 2 aliphatic rings. The summed E-state index contributed by atoms with van der Waals surface area (Å²) in [5, 5.41) is 2.84. The first kappa shape index (κ1) is 13.4. The van der Waals surface area contributed by atoms with Crippen molar-refractivity contribution in [2.45, 2.75) is 58.9 Å². The van der Waals surface area contributed by atoms with Crippen molar-refractivity contribution in [1.29, 1.82) is 0 Å². The molecule has 102 valence electrons. The maximum absolute atomic E-state index is 12.1. The molecule has 2 rings (SSSR count). The first-order valence-electron chi connectivity index (χ1n) is 6.89. The highest BCUT2D eigenvalue weighted by Crippen LogP contribution is 2.56. The molecule has 2 atom stereocenters. The van der Waals surface area contributed by atoms with Crippen LogP contribution >= 0.6 is 0 Å². The molecule has 2 unspecified atom stereocenters. The SMILES string of the molecule is CCOC(=O)C1NC(=O)CC12CCCCC2(C)C. The van der Waals surface area contributed by atoms with E-state index in [0.29, 0.717) is 13.0 Å². The summed E-state index contributed by atoms with van der Waals surface area (Å²) in [7, 11) is 0. The maximum Gasteiger partial charge on any atom is 0.329 e. The molecular weight excluding hydrogens is 230 g/mol. The molecule has 0 aromatic carbocycles. The highest BCUT2D eigenvalue weighted by atomic mass is 16.5. The average molecular weight is 253 g/mol. The zero-order valence-electron chi connectivity index (χ0n) is 11.5. The van der Waals surface area contributed by atoms with Gasteiger partial charge in [-0.15, -0.1) is 0 Å². The minimum Gasteiger partial charge on any atom is -0.464 e. The van der Waals surface area contributed by atoms with E-state index < -0.39 is 6.04 Å². The highest BCUT2D eigenvalue weighted by Gasteiger charge is 2.59. The fourth-order valence-electron chi connectivity index (χ4n) is 3.71. The molecule has 4 heteroatoms. The normalized spacial score (nSPS) is 34.4. The van der Waals surface area contributed by atoms with E-state index in [9.17, 15) is 9.59 Å². The first-order valence-corrected chi connectivity index (χ1v) is 6.89. The second-order valence-electron chi connectivity index (χ2n) is 6.18. The van der Waals surface area contributed by atoms with Gasteiger partial charge in [0.25, 0.3) is 0 Å². The monoisotopic (exact) mass is 253 g/mol. The lowest BCUT2D eigenvalue weighted by Gasteiger charge is -2.49. The lowest BCUT2D eigenvalue weighted by atomic mass is 9.54. The van der Waals surface area contributed by atoms with Gasteiger partial charge in [0.15, 0.2) is 0 Å². The van der Waals surface area contributed by atoms with Crippen molar-refractivity contribution in [1.82, 2.24) is 5.32 Å². The van der Waals surface area contributed by atoms with Crippen molar-refractivity contribution >= 4 is 11.9 Å². The Kier molecular flexibility index (Phi) is 3.39. The van der Waals surface area contributed by atoms with Crippen molar-refractivity contribution in [2.24, 2.45) is 10.8 Å². The third-order valence-electron chi connectivity index (χ3n) is 4.88. The molecule has 1 aliphatic heterocycles. The number of ether oxygens (including phenoxy) is 1. The summed E-state index contributed by atoms with van der Waals surface area (Å²) >= 11 is 0. The number of carbonyl (C=O) groups excluding carboxylic acids is 2. The highest BCUT2D eigenvalue weighted by molar-refractivity contribution is 5.90. The molecular formula is C14H23NO3. The Morgan fingerprint density at radius 3 is 2.67 bits per heavy atom. The predicted molar refractivity (Wildman–Crippen MR) is 67.9 cm³/mol. The summed E-state index contributed by atoms with van der Waals surface area (Å²) in [6, 6.07) is -0.458. The van der Waals surface area contributed by atoms with Crippen LogP contribution in [0.2, 0.25) is 0 Å². The molecule has 1 N–H and O–H groups in total. The van der Waals surface area contributed by atoms with Gasteiger partial charge in [-0.3, -0.25) is 4.79 Å². The zero-order valence-corrected chi connectivity index (χ0v) is 11.5. The number of hydrogen-bond acceptors (Lipinski definition) is 3. The van der Waals surface area contributed by atoms with Gasteiger partial charge in [0.05, 0.1) is 6.61 Å². The summed E-state index contributed by atoms with van der Waals surface area (Å²) in [6.07, 6.45) is 4.73. The standard InChI is InChI=1S/C14H23NO3/c1-4-18-12(17)11-14(9-10(16)15-11)8-6-5-7-13(14,2)3/h11H,4-9H2,1-3H3,(H,15,16). The molecule has 1 saturated carbocycles. The molecule has 4 nitrogen and oxygen atoms in total. The van der Waals surface area contributed by atoms with E-state index in [4.69, 9.17) is 4.74 Å². The van der Waals surface area contributed by atoms with Crippen LogP contribution in [0.4, 0.5) is 0 Å². The molecule has 1 saturated heterocycles. The summed E-state index contributed by atoms with van der Waals surface area (Å²) in [6.45, 7) is 6.52. The van der Waals surface area contributed by atoms with Crippen LogP contribution in [0.3, 0.4) is 0 Å². The number of nitrogens with one attached hydrogen (secondary N) is 1. The van der Waals surface area contributed by atoms with Gasteiger partial charge in [-0.2, -0.15) is 0 Å². The van der Waals surface area contributed by atoms with Crippen molar-refractivity contribution in [3.05, 3.63) is 0 Å². The largest absolute Gasteiger partial charge is 0.464 e. The third kappa shape index (κ3) is 1.91. The molecule has 1 aliphatic carbocycles. The van der Waals surface area contributed by atoms with Crippen LogP contribution in [0.1, 0.15) is 52.9 Å². The van der Waals surface area contributed by atoms with Crippen molar-refractivity contribution in [3.8, 4) is 0 Å². The Morgan fingerprint density at radius 2 is 2.06 bits per heavy atom. The average Bonchev–Trinajstić information content (AvgIpc) is 2.62. The van der Waals surface area contributed by atoms with Gasteiger partial charge < -0.3 is 10.1 Å². The number of rotatable bonds is 2. The summed E-state index contributed by atoms with van der Waals surface area (Å²) in [4.78, 5) is 23.9. The van der Waals surface area contributed by atoms with Crippen LogP contribution in [0.5, 0.6) is 0 Å². The van der Waals surface area contributed by atoms with Crippen LogP contribution < -0.4 is 5.32 Å². The minimum absolute atomic E-state index is 0.00182. The van der Waals surface area contributed by atoms with Gasteiger partial charge in [-0.25, -0.2) is 4.79 Å². The fraction of sp³-hybridized carbons (Fsp3) is 0.857. The number of carbonyl (C=O) groups is 2. The van der Waals surface area contributed by atoms with E-state index in [1.54, 1.807) is 6.92 Å². The van der Waals surface area contributed by atoms with Crippen molar-refractivity contribution < 1.29 is 14.3 Å². The van der Waals surface area contributed by atoms with Gasteiger partial charge in [0.1, 0.15) is 6.04 Å². The number of amides is 1. The third-order valence-corrected chi connectivity index (χ3v) is 4.88. The molecule has 18 heavy (non-hydrogen) atoms. The molecule has 1 amide bonds. The second-order valence-corrected chi connectivity index (χ2v) is 6.18. The Bertz CT molecular complexity index is 364. The van der Waals surface area contributed by atoms with E-state index in [1.165, 1.54) is 6.42 Å². The van der Waals surface area contributed by atoms with Crippen molar-refractivity contribution in [2.75, 3.05) is 6.61 Å². The lowest BCUT2D eigenvalue weighted by Crippen LogP contribution is -2.53. The van der Waals surface area contributed by atoms with Gasteiger partial charge in [-0.1, -0.05) is 26.7 Å². The topological polar surface area (TPSA) is 55.4 Å². The molecule has 1 spiro atoms. The second kappa shape index (κ2) is 4.56. The molecule has 0 radical (unpaired) electrons. The van der Waals surface area contributed by atoms with Crippen LogP contribution in [0, 0.1) is 10.8 Å². The fourth-order valence-corrected chi connectivity index (χ4v) is 3.71. The smallest absolute Gasteiger partial charge is 0.329 e. The van der Waals surface area contributed by atoms with E-state index in [-0.39, 0.29) is 22.7 Å². The molecule has 2 fully saturated rings. The van der Waals surface area contributed by atoms with Crippen LogP contribution in [-0.2, 0) is 14.3 Å². The molecule has 0 aromatic rings. The van der Waals surface area contributed by atoms with Gasteiger partial charge in [0.2, 0.25) is 5.91 Å². The van der Waals surface area contributed by atoms with Gasteiger partial charge >= 0.3 is 5.97 Å². The van der Waals surface area contributed by atoms with Gasteiger partial charge in [-0.05, 0) is 25.2 Å². The van der Waals surface area contributed by atoms with E-state index >= 15 is 0 Å². The Balaban J connectivity index is 2.32. The number of hydrogen-bond donors (Lipinski definition) is 1. The van der Waals surface area contributed by atoms with E-state index in [2.05, 4.69) is 19.2 Å². The molecule has 0 aromatic heterocycles. The van der Waals surface area contributed by atoms with Crippen LogP contribution in [-0.4, -0.2) is 24.5 Å². The summed E-state index contributed by atoms with van der Waals surface area (Å²) < 4.78 is 5.14. The Morgan fingerprint density at radius 1 is 1.39 bits per heavy atom. The van der Waals surface area contributed by atoms with Crippen LogP contribution in [0.25, 0.3) is 0 Å². The minimum atomic E-state index is -0.458. The van der Waals surface area contributed by atoms with Gasteiger partial charge in [0, 0.05) is 11.8 Å². The molecule has 1 heterocycles. The number of esters is 1. The lowest BCUT2D eigenvalue weighted by molar-refractivity contribution is -0.152. The zero-order chi connectivity index (χ0) is 13.4.